The Kier molecular flexibility index (Phi) is 5.65. The van der Waals surface area contributed by atoms with Gasteiger partial charge >= 0.3 is 0 Å². The SMILES string of the molecule is CC(C)(C)C(=O)C=Cc1ccccc1C=CC(=O)C(C)(C)C. The highest BCUT2D eigenvalue weighted by molar-refractivity contribution is 5.99. The van der Waals surface area contributed by atoms with Gasteiger partial charge in [-0.2, -0.15) is 0 Å². The molecule has 0 heterocycles. The minimum absolute atomic E-state index is 0.0806. The molecule has 0 amide bonds. The molecule has 118 valence electrons. The molecule has 1 rings (SSSR count). The molecule has 0 fully saturated rings. The molecule has 0 aliphatic carbocycles. The molecule has 0 N–H and O–H groups in total. The summed E-state index contributed by atoms with van der Waals surface area (Å²) in [5.74, 6) is 0.161. The Hall–Kier alpha value is -1.96. The zero-order valence-corrected chi connectivity index (χ0v) is 14.4. The number of carbonyl (C=O) groups is 2. The topological polar surface area (TPSA) is 34.1 Å². The van der Waals surface area contributed by atoms with Crippen LogP contribution in [-0.4, -0.2) is 11.6 Å². The van der Waals surface area contributed by atoms with E-state index in [1.165, 1.54) is 0 Å². The lowest BCUT2D eigenvalue weighted by Crippen LogP contribution is -2.17. The lowest BCUT2D eigenvalue weighted by molar-refractivity contribution is -0.122. The van der Waals surface area contributed by atoms with Crippen LogP contribution in [0.2, 0.25) is 0 Å². The van der Waals surface area contributed by atoms with E-state index in [2.05, 4.69) is 0 Å². The average Bonchev–Trinajstić information content (AvgIpc) is 2.40. The second kappa shape index (κ2) is 6.87. The third-order valence-electron chi connectivity index (χ3n) is 3.30. The molecule has 1 aromatic rings. The number of hydrogen-bond donors (Lipinski definition) is 0. The molecule has 0 atom stereocenters. The summed E-state index contributed by atoms with van der Waals surface area (Å²) < 4.78 is 0. The Balaban J connectivity index is 3.01. The largest absolute Gasteiger partial charge is 0.294 e. The molecule has 0 aliphatic heterocycles. The van der Waals surface area contributed by atoms with Gasteiger partial charge in [-0.15, -0.1) is 0 Å². The smallest absolute Gasteiger partial charge is 0.161 e. The molecule has 22 heavy (non-hydrogen) atoms. The van der Waals surface area contributed by atoms with E-state index in [1.54, 1.807) is 12.2 Å². The first-order valence-corrected chi connectivity index (χ1v) is 7.56. The minimum atomic E-state index is -0.385. The maximum Gasteiger partial charge on any atom is 0.161 e. The van der Waals surface area contributed by atoms with Gasteiger partial charge in [0.1, 0.15) is 0 Å². The summed E-state index contributed by atoms with van der Waals surface area (Å²) in [6.07, 6.45) is 6.85. The van der Waals surface area contributed by atoms with Crippen molar-refractivity contribution in [1.82, 2.24) is 0 Å². The van der Waals surface area contributed by atoms with Gasteiger partial charge in [0, 0.05) is 10.8 Å². The number of benzene rings is 1. The van der Waals surface area contributed by atoms with Crippen LogP contribution in [0.3, 0.4) is 0 Å². The molecule has 2 heteroatoms. The lowest BCUT2D eigenvalue weighted by atomic mass is 9.89. The Morgan fingerprint density at radius 2 is 1.05 bits per heavy atom. The molecular formula is C20H26O2. The quantitative estimate of drug-likeness (QED) is 0.737. The fourth-order valence-electron chi connectivity index (χ4n) is 1.65. The molecule has 0 radical (unpaired) electrons. The summed E-state index contributed by atoms with van der Waals surface area (Å²) in [5.41, 5.74) is 1.09. The molecule has 0 saturated carbocycles. The Morgan fingerprint density at radius 3 is 1.32 bits per heavy atom. The predicted octanol–water partition coefficient (Wildman–Crippen LogP) is 4.94. The van der Waals surface area contributed by atoms with Crippen molar-refractivity contribution in [3.63, 3.8) is 0 Å². The second-order valence-electron chi connectivity index (χ2n) is 7.52. The molecule has 0 bridgehead atoms. The van der Waals surface area contributed by atoms with E-state index in [9.17, 15) is 9.59 Å². The van der Waals surface area contributed by atoms with Crippen LogP contribution in [0.25, 0.3) is 12.2 Å². The van der Waals surface area contributed by atoms with Crippen molar-refractivity contribution >= 4 is 23.7 Å². The maximum atomic E-state index is 12.0. The van der Waals surface area contributed by atoms with Crippen LogP contribution < -0.4 is 0 Å². The first-order valence-electron chi connectivity index (χ1n) is 7.56. The van der Waals surface area contributed by atoms with Crippen molar-refractivity contribution < 1.29 is 9.59 Å². The summed E-state index contributed by atoms with van der Waals surface area (Å²) in [4.78, 5) is 24.0. The number of rotatable bonds is 4. The summed E-state index contributed by atoms with van der Waals surface area (Å²) in [6, 6.07) is 7.72. The van der Waals surface area contributed by atoms with Crippen LogP contribution in [-0.2, 0) is 9.59 Å². The van der Waals surface area contributed by atoms with Crippen molar-refractivity contribution in [1.29, 1.82) is 0 Å². The van der Waals surface area contributed by atoms with Gasteiger partial charge in [0.05, 0.1) is 0 Å². The Morgan fingerprint density at radius 1 is 0.727 bits per heavy atom. The zero-order chi connectivity index (χ0) is 17.0. The molecule has 2 nitrogen and oxygen atoms in total. The number of carbonyl (C=O) groups excluding carboxylic acids is 2. The normalized spacial score (nSPS) is 13.0. The third-order valence-corrected chi connectivity index (χ3v) is 3.30. The van der Waals surface area contributed by atoms with E-state index in [-0.39, 0.29) is 22.4 Å². The average molecular weight is 298 g/mol. The van der Waals surface area contributed by atoms with E-state index < -0.39 is 0 Å². The minimum Gasteiger partial charge on any atom is -0.294 e. The van der Waals surface area contributed by atoms with E-state index in [0.717, 1.165) is 11.1 Å². The molecular weight excluding hydrogens is 272 g/mol. The van der Waals surface area contributed by atoms with Gasteiger partial charge < -0.3 is 0 Å². The predicted molar refractivity (Wildman–Crippen MR) is 93.4 cm³/mol. The highest BCUT2D eigenvalue weighted by Gasteiger charge is 2.19. The van der Waals surface area contributed by atoms with E-state index in [0.29, 0.717) is 0 Å². The van der Waals surface area contributed by atoms with Gasteiger partial charge in [-0.25, -0.2) is 0 Å². The highest BCUT2D eigenvalue weighted by atomic mass is 16.1. The van der Waals surface area contributed by atoms with Gasteiger partial charge in [0.25, 0.3) is 0 Å². The van der Waals surface area contributed by atoms with E-state index >= 15 is 0 Å². The number of ketones is 2. The van der Waals surface area contributed by atoms with Crippen LogP contribution >= 0.6 is 0 Å². The van der Waals surface area contributed by atoms with Crippen molar-refractivity contribution in [2.45, 2.75) is 41.5 Å². The van der Waals surface area contributed by atoms with Crippen molar-refractivity contribution in [3.05, 3.63) is 47.5 Å². The molecule has 1 aromatic carbocycles. The molecule has 0 spiro atoms. The first kappa shape index (κ1) is 18.1. The van der Waals surface area contributed by atoms with Gasteiger partial charge in [0.2, 0.25) is 0 Å². The maximum absolute atomic E-state index is 12.0. The highest BCUT2D eigenvalue weighted by Crippen LogP contribution is 2.19. The fourth-order valence-corrected chi connectivity index (χ4v) is 1.65. The van der Waals surface area contributed by atoms with Crippen molar-refractivity contribution in [2.24, 2.45) is 10.8 Å². The zero-order valence-electron chi connectivity index (χ0n) is 14.4. The van der Waals surface area contributed by atoms with Crippen LogP contribution in [0, 0.1) is 10.8 Å². The first-order chi connectivity index (χ1) is 10.0. The van der Waals surface area contributed by atoms with Gasteiger partial charge in [-0.05, 0) is 23.3 Å². The standard InChI is InChI=1S/C20H26O2/c1-19(2,3)17(21)13-11-15-9-7-8-10-16(15)12-14-18(22)20(4,5)6/h7-14H,1-6H3. The second-order valence-corrected chi connectivity index (χ2v) is 7.52. The van der Waals surface area contributed by atoms with Crippen LogP contribution in [0.15, 0.2) is 36.4 Å². The third kappa shape index (κ3) is 5.44. The lowest BCUT2D eigenvalue weighted by Gasteiger charge is -2.13. The fraction of sp³-hybridized carbons (Fsp3) is 0.400. The van der Waals surface area contributed by atoms with Crippen LogP contribution in [0.1, 0.15) is 52.7 Å². The monoisotopic (exact) mass is 298 g/mol. The molecule has 0 aromatic heterocycles. The Bertz CT molecular complexity index is 550. The van der Waals surface area contributed by atoms with E-state index in [1.807, 2.05) is 78.0 Å². The van der Waals surface area contributed by atoms with Gasteiger partial charge in [0.15, 0.2) is 11.6 Å². The Labute approximate surface area is 133 Å². The summed E-state index contributed by atoms with van der Waals surface area (Å²) in [6.45, 7) is 11.4. The van der Waals surface area contributed by atoms with Gasteiger partial charge in [-0.3, -0.25) is 9.59 Å². The number of hydrogen-bond acceptors (Lipinski definition) is 2. The van der Waals surface area contributed by atoms with Crippen molar-refractivity contribution in [2.75, 3.05) is 0 Å². The number of allylic oxidation sites excluding steroid dienone is 2. The molecule has 0 saturated heterocycles. The summed E-state index contributed by atoms with van der Waals surface area (Å²) in [7, 11) is 0. The molecule has 0 unspecified atom stereocenters. The van der Waals surface area contributed by atoms with Crippen LogP contribution in [0.5, 0.6) is 0 Å². The van der Waals surface area contributed by atoms with Gasteiger partial charge in [-0.1, -0.05) is 78.0 Å². The van der Waals surface area contributed by atoms with Crippen LogP contribution in [0.4, 0.5) is 0 Å². The van der Waals surface area contributed by atoms with E-state index in [4.69, 9.17) is 0 Å². The van der Waals surface area contributed by atoms with Crippen molar-refractivity contribution in [3.8, 4) is 0 Å². The summed E-state index contributed by atoms with van der Waals surface area (Å²) >= 11 is 0. The molecule has 0 aliphatic rings. The summed E-state index contributed by atoms with van der Waals surface area (Å²) in [5, 5.41) is 0.